The summed E-state index contributed by atoms with van der Waals surface area (Å²) in [7, 11) is 0. The van der Waals surface area contributed by atoms with E-state index in [9.17, 15) is 19.7 Å². The Labute approximate surface area is 162 Å². The van der Waals surface area contributed by atoms with Crippen LogP contribution in [0.15, 0.2) is 35.1 Å². The number of aryl methyl sites for hydroxylation is 2. The maximum atomic E-state index is 12.4. The number of aromatic amines is 1. The number of esters is 1. The molecule has 142 valence electrons. The van der Waals surface area contributed by atoms with Crippen LogP contribution < -0.4 is 5.56 Å². The van der Waals surface area contributed by atoms with E-state index in [1.54, 1.807) is 12.1 Å². The number of ether oxygens (including phenoxy) is 1. The van der Waals surface area contributed by atoms with Crippen molar-refractivity contribution < 1.29 is 14.5 Å². The summed E-state index contributed by atoms with van der Waals surface area (Å²) >= 11 is 1.51. The quantitative estimate of drug-likeness (QED) is 0.306. The molecule has 28 heavy (non-hydrogen) atoms. The van der Waals surface area contributed by atoms with E-state index in [2.05, 4.69) is 9.97 Å². The first-order valence-corrected chi connectivity index (χ1v) is 9.46. The van der Waals surface area contributed by atoms with Gasteiger partial charge in [-0.3, -0.25) is 14.9 Å². The van der Waals surface area contributed by atoms with Gasteiger partial charge in [-0.05, 0) is 37.0 Å². The highest BCUT2D eigenvalue weighted by Crippen LogP contribution is 2.34. The van der Waals surface area contributed by atoms with E-state index < -0.39 is 10.9 Å². The SMILES string of the molecule is O=C(/C=C/c1ccccc1[N+](=O)[O-])OCc1nc2sc3c(c2c(=O)[nH]1)CCC3. The van der Waals surface area contributed by atoms with Crippen molar-refractivity contribution in [2.75, 3.05) is 0 Å². The number of hydrogen-bond donors (Lipinski definition) is 1. The van der Waals surface area contributed by atoms with Crippen molar-refractivity contribution in [1.29, 1.82) is 0 Å². The molecule has 0 saturated heterocycles. The van der Waals surface area contributed by atoms with Crippen molar-refractivity contribution in [2.45, 2.75) is 25.9 Å². The molecule has 0 fully saturated rings. The molecule has 0 atom stereocenters. The molecule has 0 saturated carbocycles. The van der Waals surface area contributed by atoms with Crippen LogP contribution in [0, 0.1) is 10.1 Å². The number of nitro groups is 1. The lowest BCUT2D eigenvalue weighted by Crippen LogP contribution is -2.13. The third-order valence-corrected chi connectivity index (χ3v) is 5.69. The van der Waals surface area contributed by atoms with Crippen molar-refractivity contribution in [3.05, 3.63) is 72.6 Å². The maximum Gasteiger partial charge on any atom is 0.331 e. The first kappa shape index (κ1) is 18.1. The average Bonchev–Trinajstić information content (AvgIpc) is 3.25. The van der Waals surface area contributed by atoms with Crippen LogP contribution in [0.25, 0.3) is 16.3 Å². The molecule has 1 N–H and O–H groups in total. The number of H-pyrrole nitrogens is 1. The standard InChI is InChI=1S/C19H15N3O5S/c23-16(9-8-11-4-1-2-6-13(11)22(25)26)27-10-15-20-18(24)17-12-5-3-7-14(12)28-19(17)21-15/h1-2,4,6,8-9H,3,5,7,10H2,(H,20,21,24)/b9-8+. The normalized spacial score (nSPS) is 13.1. The Morgan fingerprint density at radius 2 is 2.18 bits per heavy atom. The minimum Gasteiger partial charge on any atom is -0.454 e. The summed E-state index contributed by atoms with van der Waals surface area (Å²) in [6, 6.07) is 6.07. The minimum absolute atomic E-state index is 0.103. The average molecular weight is 397 g/mol. The first-order chi connectivity index (χ1) is 13.5. The molecule has 0 unspecified atom stereocenters. The van der Waals surface area contributed by atoms with E-state index in [1.807, 2.05) is 0 Å². The van der Waals surface area contributed by atoms with Crippen molar-refractivity contribution in [2.24, 2.45) is 0 Å². The smallest absolute Gasteiger partial charge is 0.331 e. The maximum absolute atomic E-state index is 12.4. The molecule has 0 radical (unpaired) electrons. The van der Waals surface area contributed by atoms with Gasteiger partial charge in [0.2, 0.25) is 0 Å². The van der Waals surface area contributed by atoms with Gasteiger partial charge in [-0.2, -0.15) is 0 Å². The number of nitro benzene ring substituents is 1. The Kier molecular flexibility index (Phi) is 4.74. The van der Waals surface area contributed by atoms with Crippen molar-refractivity contribution in [1.82, 2.24) is 9.97 Å². The number of aromatic nitrogens is 2. The largest absolute Gasteiger partial charge is 0.454 e. The van der Waals surface area contributed by atoms with E-state index >= 15 is 0 Å². The zero-order valence-electron chi connectivity index (χ0n) is 14.6. The van der Waals surface area contributed by atoms with Gasteiger partial charge < -0.3 is 9.72 Å². The van der Waals surface area contributed by atoms with E-state index in [0.717, 1.165) is 30.9 Å². The van der Waals surface area contributed by atoms with Crippen molar-refractivity contribution in [3.63, 3.8) is 0 Å². The molecule has 1 aliphatic rings. The minimum atomic E-state index is -0.686. The lowest BCUT2D eigenvalue weighted by atomic mass is 10.1. The number of para-hydroxylation sites is 1. The molecule has 2 heterocycles. The molecule has 1 aromatic carbocycles. The van der Waals surface area contributed by atoms with Crippen LogP contribution in [-0.4, -0.2) is 20.9 Å². The molecular formula is C19H15N3O5S. The number of nitrogens with one attached hydrogen (secondary N) is 1. The zero-order valence-corrected chi connectivity index (χ0v) is 15.5. The van der Waals surface area contributed by atoms with Gasteiger partial charge in [-0.15, -0.1) is 11.3 Å². The Bertz CT molecular complexity index is 1180. The van der Waals surface area contributed by atoms with Gasteiger partial charge in [0.05, 0.1) is 15.9 Å². The van der Waals surface area contributed by atoms with Crippen LogP contribution in [0.4, 0.5) is 5.69 Å². The number of carbonyl (C=O) groups excluding carboxylic acids is 1. The van der Waals surface area contributed by atoms with Gasteiger partial charge in [-0.1, -0.05) is 12.1 Å². The van der Waals surface area contributed by atoms with Crippen LogP contribution in [-0.2, 0) is 29.0 Å². The second-order valence-corrected chi connectivity index (χ2v) is 7.39. The van der Waals surface area contributed by atoms with Crippen LogP contribution in [0.3, 0.4) is 0 Å². The molecule has 0 bridgehead atoms. The van der Waals surface area contributed by atoms with E-state index in [1.165, 1.54) is 34.4 Å². The Morgan fingerprint density at radius 3 is 3.00 bits per heavy atom. The van der Waals surface area contributed by atoms with Crippen molar-refractivity contribution in [3.8, 4) is 0 Å². The molecule has 8 nitrogen and oxygen atoms in total. The molecule has 1 aliphatic carbocycles. The summed E-state index contributed by atoms with van der Waals surface area (Å²) in [6.45, 7) is -0.187. The summed E-state index contributed by atoms with van der Waals surface area (Å²) < 4.78 is 5.11. The fourth-order valence-electron chi connectivity index (χ4n) is 3.26. The van der Waals surface area contributed by atoms with E-state index in [0.29, 0.717) is 15.8 Å². The molecule has 3 aromatic rings. The van der Waals surface area contributed by atoms with Gasteiger partial charge in [0.1, 0.15) is 17.3 Å². The molecular weight excluding hydrogens is 382 g/mol. The molecule has 2 aromatic heterocycles. The van der Waals surface area contributed by atoms with Crippen molar-refractivity contribution >= 4 is 39.3 Å². The van der Waals surface area contributed by atoms with Crippen LogP contribution in [0.2, 0.25) is 0 Å². The second-order valence-electron chi connectivity index (χ2n) is 6.31. The molecule has 9 heteroatoms. The highest BCUT2D eigenvalue weighted by atomic mass is 32.1. The summed E-state index contributed by atoms with van der Waals surface area (Å²) in [4.78, 5) is 43.7. The Balaban J connectivity index is 1.47. The number of rotatable bonds is 5. The number of hydrogen-bond acceptors (Lipinski definition) is 7. The second kappa shape index (κ2) is 7.35. The Hall–Kier alpha value is -3.33. The zero-order chi connectivity index (χ0) is 19.7. The summed E-state index contributed by atoms with van der Waals surface area (Å²) in [5, 5.41) is 11.6. The topological polar surface area (TPSA) is 115 Å². The number of nitrogens with zero attached hydrogens (tertiary/aromatic N) is 2. The first-order valence-electron chi connectivity index (χ1n) is 8.64. The highest BCUT2D eigenvalue weighted by molar-refractivity contribution is 7.18. The molecule has 0 spiro atoms. The summed E-state index contributed by atoms with van der Waals surface area (Å²) in [5.41, 5.74) is 1.06. The number of thiophene rings is 1. The third-order valence-electron chi connectivity index (χ3n) is 4.51. The van der Waals surface area contributed by atoms with Gasteiger partial charge in [0.15, 0.2) is 0 Å². The summed E-state index contributed by atoms with van der Waals surface area (Å²) in [6.07, 6.45) is 5.35. The van der Waals surface area contributed by atoms with Gasteiger partial charge in [0.25, 0.3) is 11.2 Å². The van der Waals surface area contributed by atoms with Gasteiger partial charge in [-0.25, -0.2) is 9.78 Å². The third kappa shape index (κ3) is 3.44. The highest BCUT2D eigenvalue weighted by Gasteiger charge is 2.21. The predicted molar refractivity (Wildman–Crippen MR) is 104 cm³/mol. The Morgan fingerprint density at radius 1 is 1.36 bits per heavy atom. The van der Waals surface area contributed by atoms with Gasteiger partial charge >= 0.3 is 5.97 Å². The van der Waals surface area contributed by atoms with Crippen LogP contribution in [0.5, 0.6) is 0 Å². The monoisotopic (exact) mass is 397 g/mol. The van der Waals surface area contributed by atoms with Crippen LogP contribution in [0.1, 0.15) is 28.2 Å². The number of benzene rings is 1. The molecule has 4 rings (SSSR count). The predicted octanol–water partition coefficient (Wildman–Crippen LogP) is 3.14. The summed E-state index contributed by atoms with van der Waals surface area (Å²) in [5.74, 6) is -0.417. The van der Waals surface area contributed by atoms with Crippen LogP contribution >= 0.6 is 11.3 Å². The number of carbonyl (C=O) groups is 1. The molecule has 0 amide bonds. The number of fused-ring (bicyclic) bond motifs is 3. The van der Waals surface area contributed by atoms with E-state index in [4.69, 9.17) is 4.74 Å². The lowest BCUT2D eigenvalue weighted by Gasteiger charge is -2.02. The molecule has 0 aliphatic heterocycles. The van der Waals surface area contributed by atoms with Gasteiger partial charge in [0, 0.05) is 17.0 Å². The lowest BCUT2D eigenvalue weighted by molar-refractivity contribution is -0.385. The fourth-order valence-corrected chi connectivity index (χ4v) is 4.54. The van der Waals surface area contributed by atoms with E-state index in [-0.39, 0.29) is 23.7 Å². The fraction of sp³-hybridized carbons (Fsp3) is 0.211.